The Morgan fingerprint density at radius 1 is 1.14 bits per heavy atom. The van der Waals surface area contributed by atoms with Crippen LogP contribution in [0.5, 0.6) is 0 Å². The Balaban J connectivity index is 3.11. The van der Waals surface area contributed by atoms with E-state index in [0.717, 1.165) is 0 Å². The average molecular weight is 305 g/mol. The fourth-order valence-electron chi connectivity index (χ4n) is 1.75. The molecule has 6 nitrogen and oxygen atoms in total. The Morgan fingerprint density at radius 3 is 2.23 bits per heavy atom. The molecule has 0 bridgehead atoms. The average Bonchev–Trinajstić information content (AvgIpc) is 2.47. The zero-order chi connectivity index (χ0) is 16.7. The van der Waals surface area contributed by atoms with Gasteiger partial charge in [0.1, 0.15) is 5.71 Å². The van der Waals surface area contributed by atoms with Gasteiger partial charge in [0.15, 0.2) is 11.7 Å². The summed E-state index contributed by atoms with van der Waals surface area (Å²) < 4.78 is 9.70. The molecule has 0 aliphatic carbocycles. The normalized spacial score (nSPS) is 11.6. The summed E-state index contributed by atoms with van der Waals surface area (Å²) in [6.45, 7) is 4.87. The van der Waals surface area contributed by atoms with Crippen LogP contribution in [0.2, 0.25) is 0 Å². The molecule has 1 unspecified atom stereocenters. The topological polar surface area (TPSA) is 93.5 Å². The summed E-state index contributed by atoms with van der Waals surface area (Å²) in [7, 11) is 0. The molecule has 0 aliphatic rings. The van der Waals surface area contributed by atoms with Crippen molar-refractivity contribution in [2.75, 3.05) is 6.61 Å². The lowest BCUT2D eigenvalue weighted by molar-refractivity contribution is -0.149. The molecule has 0 aliphatic heterocycles. The molecule has 6 heteroatoms. The van der Waals surface area contributed by atoms with Crippen molar-refractivity contribution in [3.05, 3.63) is 35.9 Å². The smallest absolute Gasteiger partial charge is 0.353 e. The van der Waals surface area contributed by atoms with Gasteiger partial charge in [-0.25, -0.2) is 4.79 Å². The summed E-state index contributed by atoms with van der Waals surface area (Å²) in [5.74, 6) is -4.22. The molecule has 0 saturated carbocycles. The molecule has 1 aromatic carbocycles. The van der Waals surface area contributed by atoms with E-state index in [2.05, 4.69) is 0 Å². The second-order valence-electron chi connectivity index (χ2n) is 4.78. The van der Waals surface area contributed by atoms with E-state index in [1.807, 2.05) is 0 Å². The highest BCUT2D eigenvalue weighted by Crippen LogP contribution is 2.14. The van der Waals surface area contributed by atoms with Crippen molar-refractivity contribution < 1.29 is 23.9 Å². The fraction of sp³-hybridized carbons (Fsp3) is 0.375. The van der Waals surface area contributed by atoms with Crippen molar-refractivity contribution in [2.45, 2.75) is 26.9 Å². The van der Waals surface area contributed by atoms with Crippen LogP contribution in [0.1, 0.15) is 31.1 Å². The minimum absolute atomic E-state index is 0.0483. The Labute approximate surface area is 128 Å². The van der Waals surface area contributed by atoms with Crippen LogP contribution in [0.15, 0.2) is 30.3 Å². The molecule has 22 heavy (non-hydrogen) atoms. The molecule has 1 aromatic rings. The maximum atomic E-state index is 12.5. The Bertz CT molecular complexity index is 565. The third-order valence-corrected chi connectivity index (χ3v) is 2.69. The van der Waals surface area contributed by atoms with Crippen LogP contribution in [-0.2, 0) is 19.1 Å². The maximum absolute atomic E-state index is 12.5. The number of esters is 2. The van der Waals surface area contributed by atoms with Gasteiger partial charge in [-0.05, 0) is 20.8 Å². The number of benzene rings is 1. The number of rotatable bonds is 7. The van der Waals surface area contributed by atoms with Crippen LogP contribution in [-0.4, -0.2) is 36.1 Å². The second-order valence-corrected chi connectivity index (χ2v) is 4.78. The van der Waals surface area contributed by atoms with E-state index in [9.17, 15) is 14.4 Å². The largest absolute Gasteiger partial charge is 0.462 e. The van der Waals surface area contributed by atoms with Gasteiger partial charge < -0.3 is 9.47 Å². The van der Waals surface area contributed by atoms with Gasteiger partial charge in [0.05, 0.1) is 12.7 Å². The summed E-state index contributed by atoms with van der Waals surface area (Å²) in [5.41, 5.74) is -0.497. The van der Waals surface area contributed by atoms with Gasteiger partial charge in [0.25, 0.3) is 0 Å². The summed E-state index contributed by atoms with van der Waals surface area (Å²) in [6.07, 6.45) is -0.464. The molecule has 0 aromatic heterocycles. The van der Waals surface area contributed by atoms with Crippen molar-refractivity contribution in [1.29, 1.82) is 5.41 Å². The third kappa shape index (κ3) is 4.51. The van der Waals surface area contributed by atoms with Gasteiger partial charge >= 0.3 is 11.9 Å². The Hall–Kier alpha value is -2.50. The standard InChI is InChI=1S/C16H19NO5/c1-4-21-16(20)13(17)12(15(19)22-10(2)3)14(18)11-8-6-5-7-9-11/h5-10,12,17H,4H2,1-3H3. The van der Waals surface area contributed by atoms with Crippen molar-refractivity contribution in [3.63, 3.8) is 0 Å². The monoisotopic (exact) mass is 305 g/mol. The zero-order valence-corrected chi connectivity index (χ0v) is 12.8. The van der Waals surface area contributed by atoms with Crippen LogP contribution in [0.3, 0.4) is 0 Å². The van der Waals surface area contributed by atoms with E-state index in [0.29, 0.717) is 0 Å². The Morgan fingerprint density at radius 2 is 1.73 bits per heavy atom. The predicted octanol–water partition coefficient (Wildman–Crippen LogP) is 2.02. The summed E-state index contributed by atoms with van der Waals surface area (Å²) >= 11 is 0. The first-order chi connectivity index (χ1) is 10.4. The minimum atomic E-state index is -1.62. The summed E-state index contributed by atoms with van der Waals surface area (Å²) in [5, 5.41) is 7.81. The molecule has 1 rings (SSSR count). The first-order valence-electron chi connectivity index (χ1n) is 6.93. The molecule has 0 spiro atoms. The van der Waals surface area contributed by atoms with Gasteiger partial charge in [-0.3, -0.25) is 15.0 Å². The maximum Gasteiger partial charge on any atom is 0.353 e. The first-order valence-corrected chi connectivity index (χ1v) is 6.93. The molecule has 0 saturated heterocycles. The van der Waals surface area contributed by atoms with Crippen LogP contribution < -0.4 is 0 Å². The van der Waals surface area contributed by atoms with Gasteiger partial charge in [-0.15, -0.1) is 0 Å². The van der Waals surface area contributed by atoms with Gasteiger partial charge in [-0.2, -0.15) is 0 Å². The minimum Gasteiger partial charge on any atom is -0.462 e. The summed E-state index contributed by atoms with van der Waals surface area (Å²) in [4.78, 5) is 36.3. The number of ether oxygens (including phenoxy) is 2. The van der Waals surface area contributed by atoms with E-state index < -0.39 is 35.5 Å². The van der Waals surface area contributed by atoms with Crippen LogP contribution in [0, 0.1) is 11.3 Å². The van der Waals surface area contributed by atoms with Gasteiger partial charge in [-0.1, -0.05) is 30.3 Å². The SMILES string of the molecule is CCOC(=O)C(=N)C(C(=O)OC(C)C)C(=O)c1ccccc1. The van der Waals surface area contributed by atoms with Gasteiger partial charge in [0, 0.05) is 5.56 Å². The first kappa shape index (κ1) is 17.6. The molecule has 0 heterocycles. The van der Waals surface area contributed by atoms with E-state index >= 15 is 0 Å². The van der Waals surface area contributed by atoms with E-state index in [1.54, 1.807) is 39.0 Å². The second kappa shape index (κ2) is 8.07. The molecular formula is C16H19NO5. The number of Topliss-reactive ketones (excluding diaryl/α,β-unsaturated/α-hetero) is 1. The molecule has 1 N–H and O–H groups in total. The van der Waals surface area contributed by atoms with Crippen molar-refractivity contribution in [3.8, 4) is 0 Å². The lowest BCUT2D eigenvalue weighted by Crippen LogP contribution is -2.39. The highest BCUT2D eigenvalue weighted by atomic mass is 16.5. The lowest BCUT2D eigenvalue weighted by atomic mass is 9.93. The molecule has 0 fully saturated rings. The number of ketones is 1. The highest BCUT2D eigenvalue weighted by molar-refractivity contribution is 6.45. The number of nitrogens with one attached hydrogen (secondary N) is 1. The van der Waals surface area contributed by atoms with Gasteiger partial charge in [0.2, 0.25) is 0 Å². The quantitative estimate of drug-likeness (QED) is 0.360. The number of hydrogen-bond donors (Lipinski definition) is 1. The Kier molecular flexibility index (Phi) is 6.44. The van der Waals surface area contributed by atoms with E-state index in [1.165, 1.54) is 12.1 Å². The van der Waals surface area contributed by atoms with E-state index in [-0.39, 0.29) is 12.2 Å². The predicted molar refractivity (Wildman–Crippen MR) is 79.9 cm³/mol. The van der Waals surface area contributed by atoms with Crippen molar-refractivity contribution in [2.24, 2.45) is 5.92 Å². The van der Waals surface area contributed by atoms with Crippen molar-refractivity contribution >= 4 is 23.4 Å². The number of carbonyl (C=O) groups is 3. The highest BCUT2D eigenvalue weighted by Gasteiger charge is 2.37. The van der Waals surface area contributed by atoms with Crippen molar-refractivity contribution in [1.82, 2.24) is 0 Å². The fourth-order valence-corrected chi connectivity index (χ4v) is 1.75. The molecule has 1 atom stereocenters. The van der Waals surface area contributed by atoms with E-state index in [4.69, 9.17) is 14.9 Å². The third-order valence-electron chi connectivity index (χ3n) is 2.69. The molecule has 0 amide bonds. The number of carbonyl (C=O) groups excluding carboxylic acids is 3. The van der Waals surface area contributed by atoms with Crippen LogP contribution >= 0.6 is 0 Å². The molecule has 118 valence electrons. The lowest BCUT2D eigenvalue weighted by Gasteiger charge is -2.17. The molecule has 0 radical (unpaired) electrons. The van der Waals surface area contributed by atoms with Crippen LogP contribution in [0.4, 0.5) is 0 Å². The molecular weight excluding hydrogens is 286 g/mol. The summed E-state index contributed by atoms with van der Waals surface area (Å²) in [6, 6.07) is 8.00. The number of hydrogen-bond acceptors (Lipinski definition) is 6. The zero-order valence-electron chi connectivity index (χ0n) is 12.8. The van der Waals surface area contributed by atoms with Crippen LogP contribution in [0.25, 0.3) is 0 Å².